The fourth-order valence-corrected chi connectivity index (χ4v) is 1.77. The van der Waals surface area contributed by atoms with Gasteiger partial charge in [0.2, 0.25) is 0 Å². The third-order valence-corrected chi connectivity index (χ3v) is 3.39. The predicted molar refractivity (Wildman–Crippen MR) is 76.3 cm³/mol. The number of carbonyl (C=O) groups excluding carboxylic acids is 1. The van der Waals surface area contributed by atoms with Crippen LogP contribution in [0.3, 0.4) is 0 Å². The Kier molecular flexibility index (Phi) is 6.42. The summed E-state index contributed by atoms with van der Waals surface area (Å²) in [5, 5.41) is 0. The number of allylic oxidation sites excluding steroid dienone is 1. The maximum atomic E-state index is 11.7. The summed E-state index contributed by atoms with van der Waals surface area (Å²) < 4.78 is 5.83. The van der Waals surface area contributed by atoms with Gasteiger partial charge in [-0.3, -0.25) is 4.79 Å². The van der Waals surface area contributed by atoms with Gasteiger partial charge in [-0.25, -0.2) is 0 Å². The van der Waals surface area contributed by atoms with Crippen LogP contribution in [0.25, 0.3) is 0 Å². The molecule has 0 radical (unpaired) electrons. The number of Topliss-reactive ketones (excluding diaryl/α,β-unsaturated/α-hetero) is 1. The van der Waals surface area contributed by atoms with E-state index in [2.05, 4.69) is 46.9 Å². The zero-order valence-electron chi connectivity index (χ0n) is 13.0. The van der Waals surface area contributed by atoms with Gasteiger partial charge in [0.1, 0.15) is 11.5 Å². The van der Waals surface area contributed by atoms with Crippen molar-refractivity contribution in [3.63, 3.8) is 0 Å². The normalized spacial score (nSPS) is 14.9. The van der Waals surface area contributed by atoms with Crippen molar-refractivity contribution in [2.24, 2.45) is 17.3 Å². The number of ether oxygens (including phenoxy) is 1. The lowest BCUT2D eigenvalue weighted by Gasteiger charge is -2.30. The summed E-state index contributed by atoms with van der Waals surface area (Å²) in [6, 6.07) is 0. The smallest absolute Gasteiger partial charge is 0.139 e. The Bertz CT molecular complexity index is 327. The lowest BCUT2D eigenvalue weighted by Crippen LogP contribution is -2.28. The fourth-order valence-electron chi connectivity index (χ4n) is 1.77. The van der Waals surface area contributed by atoms with Crippen LogP contribution in [0.2, 0.25) is 0 Å². The summed E-state index contributed by atoms with van der Waals surface area (Å²) in [5.74, 6) is 1.27. The lowest BCUT2D eigenvalue weighted by molar-refractivity contribution is -0.124. The molecule has 0 fully saturated rings. The van der Waals surface area contributed by atoms with Crippen LogP contribution in [-0.4, -0.2) is 11.9 Å². The van der Waals surface area contributed by atoms with Gasteiger partial charge < -0.3 is 4.74 Å². The van der Waals surface area contributed by atoms with Crippen molar-refractivity contribution in [1.29, 1.82) is 0 Å². The highest BCUT2D eigenvalue weighted by atomic mass is 16.5. The molecule has 0 spiro atoms. The van der Waals surface area contributed by atoms with E-state index in [-0.39, 0.29) is 23.2 Å². The third kappa shape index (κ3) is 5.55. The van der Waals surface area contributed by atoms with Crippen molar-refractivity contribution in [2.45, 2.75) is 61.0 Å². The zero-order chi connectivity index (χ0) is 14.5. The van der Waals surface area contributed by atoms with Crippen LogP contribution >= 0.6 is 0 Å². The second-order valence-corrected chi connectivity index (χ2v) is 6.40. The highest BCUT2D eigenvalue weighted by molar-refractivity contribution is 5.79. The molecule has 0 rings (SSSR count). The summed E-state index contributed by atoms with van der Waals surface area (Å²) in [5.41, 5.74) is 2.77. The number of ketones is 1. The van der Waals surface area contributed by atoms with E-state index >= 15 is 0 Å². The largest absolute Gasteiger partial charge is 0.487 e. The molecule has 0 aromatic rings. The lowest BCUT2D eigenvalue weighted by atomic mass is 9.76. The van der Waals surface area contributed by atoms with E-state index in [4.69, 9.17) is 4.74 Å². The minimum atomic E-state index is -0.0711. The number of hydrogen-bond donors (Lipinski definition) is 0. The molecule has 2 nitrogen and oxygen atoms in total. The van der Waals surface area contributed by atoms with Gasteiger partial charge in [-0.2, -0.15) is 0 Å². The van der Waals surface area contributed by atoms with E-state index in [0.29, 0.717) is 18.1 Å². The van der Waals surface area contributed by atoms with Gasteiger partial charge in [0.05, 0.1) is 6.10 Å². The van der Waals surface area contributed by atoms with Crippen molar-refractivity contribution >= 4 is 5.78 Å². The van der Waals surface area contributed by atoms with Crippen LogP contribution in [0.15, 0.2) is 18.1 Å². The highest BCUT2D eigenvalue weighted by Crippen LogP contribution is 2.32. The SMILES string of the molecule is C=C=C(C[C@H](C(C)=O)C(C)(C)C)O[C@H](C)C(C)C. The van der Waals surface area contributed by atoms with Crippen LogP contribution in [0, 0.1) is 17.3 Å². The summed E-state index contributed by atoms with van der Waals surface area (Å²) in [6.07, 6.45) is 0.696. The minimum Gasteiger partial charge on any atom is -0.487 e. The quantitative estimate of drug-likeness (QED) is 0.518. The molecular weight excluding hydrogens is 224 g/mol. The third-order valence-electron chi connectivity index (χ3n) is 3.39. The van der Waals surface area contributed by atoms with Gasteiger partial charge in [-0.15, -0.1) is 0 Å². The van der Waals surface area contributed by atoms with E-state index in [0.717, 1.165) is 0 Å². The van der Waals surface area contributed by atoms with E-state index in [9.17, 15) is 4.79 Å². The first-order valence-corrected chi connectivity index (χ1v) is 6.65. The second-order valence-electron chi connectivity index (χ2n) is 6.40. The monoisotopic (exact) mass is 252 g/mol. The van der Waals surface area contributed by atoms with Crippen molar-refractivity contribution < 1.29 is 9.53 Å². The minimum absolute atomic E-state index is 0.0545. The number of rotatable bonds is 6. The molecule has 0 aliphatic carbocycles. The number of hydrogen-bond acceptors (Lipinski definition) is 2. The van der Waals surface area contributed by atoms with Crippen LogP contribution in [0.1, 0.15) is 54.9 Å². The Hall–Kier alpha value is -1.01. The van der Waals surface area contributed by atoms with Crippen LogP contribution < -0.4 is 0 Å². The number of carbonyl (C=O) groups is 1. The Morgan fingerprint density at radius 1 is 1.28 bits per heavy atom. The Labute approximate surface area is 112 Å². The Morgan fingerprint density at radius 3 is 2.06 bits per heavy atom. The molecule has 2 atom stereocenters. The molecule has 0 aromatic heterocycles. The molecule has 0 bridgehead atoms. The molecule has 2 heteroatoms. The van der Waals surface area contributed by atoms with Crippen molar-refractivity contribution in [3.05, 3.63) is 18.1 Å². The molecular formula is C16H28O2. The summed E-state index contributed by atoms with van der Waals surface area (Å²) in [4.78, 5) is 11.7. The molecule has 0 aliphatic heterocycles. The van der Waals surface area contributed by atoms with Crippen LogP contribution in [-0.2, 0) is 9.53 Å². The van der Waals surface area contributed by atoms with Gasteiger partial charge in [-0.05, 0) is 25.2 Å². The van der Waals surface area contributed by atoms with E-state index in [1.165, 1.54) is 0 Å². The first-order valence-electron chi connectivity index (χ1n) is 6.65. The first kappa shape index (κ1) is 17.0. The molecule has 0 heterocycles. The van der Waals surface area contributed by atoms with E-state index < -0.39 is 0 Å². The van der Waals surface area contributed by atoms with Crippen molar-refractivity contribution in [3.8, 4) is 0 Å². The first-order chi connectivity index (χ1) is 8.09. The maximum Gasteiger partial charge on any atom is 0.139 e. The molecule has 0 aromatic carbocycles. The average molecular weight is 252 g/mol. The van der Waals surface area contributed by atoms with Gasteiger partial charge in [0.15, 0.2) is 0 Å². The molecule has 104 valence electrons. The average Bonchev–Trinajstić information content (AvgIpc) is 2.20. The summed E-state index contributed by atoms with van der Waals surface area (Å²) in [6.45, 7) is 17.8. The van der Waals surface area contributed by atoms with Crippen LogP contribution in [0.5, 0.6) is 0 Å². The Morgan fingerprint density at radius 2 is 1.78 bits per heavy atom. The van der Waals surface area contributed by atoms with Gasteiger partial charge in [-0.1, -0.05) is 46.9 Å². The topological polar surface area (TPSA) is 26.3 Å². The molecule has 18 heavy (non-hydrogen) atoms. The van der Waals surface area contributed by atoms with Gasteiger partial charge >= 0.3 is 0 Å². The predicted octanol–water partition coefficient (Wildman–Crippen LogP) is 4.36. The maximum absolute atomic E-state index is 11.7. The molecule has 0 N–H and O–H groups in total. The highest BCUT2D eigenvalue weighted by Gasteiger charge is 2.30. The fraction of sp³-hybridized carbons (Fsp3) is 0.750. The van der Waals surface area contributed by atoms with E-state index in [1.807, 2.05) is 6.92 Å². The van der Waals surface area contributed by atoms with Gasteiger partial charge in [0, 0.05) is 12.3 Å². The summed E-state index contributed by atoms with van der Waals surface area (Å²) >= 11 is 0. The zero-order valence-corrected chi connectivity index (χ0v) is 13.0. The van der Waals surface area contributed by atoms with Crippen molar-refractivity contribution in [2.75, 3.05) is 0 Å². The van der Waals surface area contributed by atoms with E-state index in [1.54, 1.807) is 6.92 Å². The van der Waals surface area contributed by atoms with Gasteiger partial charge in [0.25, 0.3) is 0 Å². The molecule has 0 unspecified atom stereocenters. The molecule has 0 amide bonds. The second kappa shape index (κ2) is 6.80. The summed E-state index contributed by atoms with van der Waals surface area (Å²) in [7, 11) is 0. The molecule has 0 aliphatic rings. The molecule has 0 saturated carbocycles. The van der Waals surface area contributed by atoms with Crippen molar-refractivity contribution in [1.82, 2.24) is 0 Å². The Balaban J connectivity index is 4.82. The molecule has 0 saturated heterocycles. The standard InChI is InChI=1S/C16H28O2/c1-9-14(18-13(5)11(2)3)10-15(12(4)17)16(6,7)8/h11,13,15H,1,10H2,2-8H3/t13-,15-/m1/s1. The van der Waals surface area contributed by atoms with Crippen LogP contribution in [0.4, 0.5) is 0 Å².